The second-order valence-electron chi connectivity index (χ2n) is 6.61. The molecular weight excluding hydrogens is 370 g/mol. The summed E-state index contributed by atoms with van der Waals surface area (Å²) in [5.41, 5.74) is 2.16. The van der Waals surface area contributed by atoms with Crippen molar-refractivity contribution in [3.8, 4) is 11.5 Å². The number of carbonyl (C=O) groups excluding carboxylic acids is 1. The van der Waals surface area contributed by atoms with E-state index >= 15 is 0 Å². The number of fused-ring (bicyclic) bond motifs is 1. The molecule has 0 atom stereocenters. The number of hydrogen-bond donors (Lipinski definition) is 2. The number of nitrogens with one attached hydrogen (secondary N) is 2. The van der Waals surface area contributed by atoms with Gasteiger partial charge in [0.25, 0.3) is 5.91 Å². The second-order valence-corrected chi connectivity index (χ2v) is 6.61. The molecule has 1 aromatic heterocycles. The molecule has 0 saturated carbocycles. The van der Waals surface area contributed by atoms with Gasteiger partial charge in [-0.3, -0.25) is 4.79 Å². The zero-order valence-corrected chi connectivity index (χ0v) is 16.1. The highest BCUT2D eigenvalue weighted by atomic mass is 35.5. The van der Waals surface area contributed by atoms with Crippen LogP contribution in [0, 0.1) is 6.92 Å². The summed E-state index contributed by atoms with van der Waals surface area (Å²) in [6, 6.07) is 6.00. The summed E-state index contributed by atoms with van der Waals surface area (Å²) in [5, 5.41) is 14.6. The molecule has 1 aromatic carbocycles. The quantitative estimate of drug-likeness (QED) is 0.820. The first kappa shape index (κ1) is 19.4. The van der Waals surface area contributed by atoms with Crippen LogP contribution in [-0.4, -0.2) is 47.2 Å². The van der Waals surface area contributed by atoms with Gasteiger partial charge in [-0.1, -0.05) is 11.3 Å². The Kier molecular flexibility index (Phi) is 6.18. The molecule has 0 spiro atoms. The van der Waals surface area contributed by atoms with Crippen LogP contribution in [0.5, 0.6) is 11.5 Å². The van der Waals surface area contributed by atoms with E-state index < -0.39 is 0 Å². The highest BCUT2D eigenvalue weighted by Gasteiger charge is 2.23. The molecule has 0 aliphatic carbocycles. The predicted molar refractivity (Wildman–Crippen MR) is 102 cm³/mol. The largest absolute Gasteiger partial charge is 0.486 e. The minimum atomic E-state index is -0.211. The number of hydrogen-bond acceptors (Lipinski definition) is 6. The summed E-state index contributed by atoms with van der Waals surface area (Å²) in [4.78, 5) is 12.5. The Morgan fingerprint density at radius 2 is 2.00 bits per heavy atom. The Balaban J connectivity index is 0.00000210. The van der Waals surface area contributed by atoms with Crippen molar-refractivity contribution in [1.82, 2.24) is 25.6 Å². The van der Waals surface area contributed by atoms with Crippen LogP contribution >= 0.6 is 12.4 Å². The SMILES string of the molecule is Cc1c(C(=O)NCc2ccc3c(c2)OCCO3)nnn1C1CCNCC1.Cl. The molecule has 2 aliphatic heterocycles. The summed E-state index contributed by atoms with van der Waals surface area (Å²) >= 11 is 0. The van der Waals surface area contributed by atoms with Crippen LogP contribution < -0.4 is 20.1 Å². The molecule has 146 valence electrons. The van der Waals surface area contributed by atoms with Crippen molar-refractivity contribution in [2.75, 3.05) is 26.3 Å². The maximum Gasteiger partial charge on any atom is 0.274 e. The molecule has 0 unspecified atom stereocenters. The fourth-order valence-electron chi connectivity index (χ4n) is 3.41. The van der Waals surface area contributed by atoms with E-state index in [9.17, 15) is 4.79 Å². The minimum absolute atomic E-state index is 0. The van der Waals surface area contributed by atoms with E-state index in [1.54, 1.807) is 0 Å². The van der Waals surface area contributed by atoms with Gasteiger partial charge in [-0.05, 0) is 50.6 Å². The number of aromatic nitrogens is 3. The first-order valence-electron chi connectivity index (χ1n) is 9.01. The van der Waals surface area contributed by atoms with Crippen molar-refractivity contribution in [2.45, 2.75) is 32.4 Å². The van der Waals surface area contributed by atoms with Gasteiger partial charge in [0.2, 0.25) is 0 Å². The molecular formula is C18H24ClN5O3. The number of halogens is 1. The number of amides is 1. The van der Waals surface area contributed by atoms with Gasteiger partial charge in [0.15, 0.2) is 17.2 Å². The van der Waals surface area contributed by atoms with E-state index in [0.29, 0.717) is 31.5 Å². The van der Waals surface area contributed by atoms with E-state index in [4.69, 9.17) is 9.47 Å². The summed E-state index contributed by atoms with van der Waals surface area (Å²) in [6.07, 6.45) is 2.00. The van der Waals surface area contributed by atoms with Crippen LogP contribution in [0.2, 0.25) is 0 Å². The fourth-order valence-corrected chi connectivity index (χ4v) is 3.41. The summed E-state index contributed by atoms with van der Waals surface area (Å²) in [6.45, 7) is 5.35. The van der Waals surface area contributed by atoms with Gasteiger partial charge in [0, 0.05) is 6.54 Å². The van der Waals surface area contributed by atoms with E-state index in [0.717, 1.165) is 48.7 Å². The third kappa shape index (κ3) is 4.17. The monoisotopic (exact) mass is 393 g/mol. The van der Waals surface area contributed by atoms with E-state index in [-0.39, 0.29) is 18.3 Å². The smallest absolute Gasteiger partial charge is 0.274 e. The Labute approximate surface area is 164 Å². The fraction of sp³-hybridized carbons (Fsp3) is 0.500. The maximum atomic E-state index is 12.5. The van der Waals surface area contributed by atoms with Gasteiger partial charge in [-0.25, -0.2) is 4.68 Å². The first-order chi connectivity index (χ1) is 12.7. The average molecular weight is 394 g/mol. The highest BCUT2D eigenvalue weighted by Crippen LogP contribution is 2.30. The zero-order valence-electron chi connectivity index (χ0n) is 15.2. The molecule has 9 heteroatoms. The lowest BCUT2D eigenvalue weighted by Gasteiger charge is -2.23. The molecule has 0 radical (unpaired) electrons. The predicted octanol–water partition coefficient (Wildman–Crippen LogP) is 1.63. The van der Waals surface area contributed by atoms with E-state index in [1.807, 2.05) is 29.8 Å². The van der Waals surface area contributed by atoms with Crippen LogP contribution in [0.25, 0.3) is 0 Å². The number of benzene rings is 1. The molecule has 2 aromatic rings. The third-order valence-electron chi connectivity index (χ3n) is 4.86. The topological polar surface area (TPSA) is 90.3 Å². The van der Waals surface area contributed by atoms with Crippen LogP contribution in [0.3, 0.4) is 0 Å². The highest BCUT2D eigenvalue weighted by molar-refractivity contribution is 5.93. The van der Waals surface area contributed by atoms with Crippen LogP contribution in [0.4, 0.5) is 0 Å². The number of carbonyl (C=O) groups is 1. The lowest BCUT2D eigenvalue weighted by Crippen LogP contribution is -2.30. The van der Waals surface area contributed by atoms with Crippen LogP contribution in [0.15, 0.2) is 18.2 Å². The van der Waals surface area contributed by atoms with Gasteiger partial charge < -0.3 is 20.1 Å². The number of ether oxygens (including phenoxy) is 2. The molecule has 3 heterocycles. The molecule has 2 N–H and O–H groups in total. The van der Waals surface area contributed by atoms with Gasteiger partial charge >= 0.3 is 0 Å². The lowest BCUT2D eigenvalue weighted by atomic mass is 10.1. The summed E-state index contributed by atoms with van der Waals surface area (Å²) in [5.74, 6) is 1.25. The molecule has 1 saturated heterocycles. The Bertz CT molecular complexity index is 804. The third-order valence-corrected chi connectivity index (χ3v) is 4.86. The van der Waals surface area contributed by atoms with E-state index in [1.165, 1.54) is 0 Å². The van der Waals surface area contributed by atoms with E-state index in [2.05, 4.69) is 20.9 Å². The van der Waals surface area contributed by atoms with Crippen LogP contribution in [-0.2, 0) is 6.54 Å². The molecule has 4 rings (SSSR count). The molecule has 2 aliphatic rings. The van der Waals surface area contributed by atoms with Gasteiger partial charge in [-0.15, -0.1) is 17.5 Å². The average Bonchev–Trinajstić information content (AvgIpc) is 3.08. The second kappa shape index (κ2) is 8.58. The van der Waals surface area contributed by atoms with Gasteiger partial charge in [-0.2, -0.15) is 0 Å². The lowest BCUT2D eigenvalue weighted by molar-refractivity contribution is 0.0945. The molecule has 27 heavy (non-hydrogen) atoms. The number of piperidine rings is 1. The number of rotatable bonds is 4. The van der Waals surface area contributed by atoms with Crippen molar-refractivity contribution < 1.29 is 14.3 Å². The van der Waals surface area contributed by atoms with Crippen molar-refractivity contribution in [1.29, 1.82) is 0 Å². The molecule has 1 fully saturated rings. The van der Waals surface area contributed by atoms with Gasteiger partial charge in [0.05, 0.1) is 11.7 Å². The summed E-state index contributed by atoms with van der Waals surface area (Å²) < 4.78 is 13.0. The summed E-state index contributed by atoms with van der Waals surface area (Å²) in [7, 11) is 0. The molecule has 8 nitrogen and oxygen atoms in total. The Morgan fingerprint density at radius 1 is 1.26 bits per heavy atom. The zero-order chi connectivity index (χ0) is 17.9. The van der Waals surface area contributed by atoms with Crippen molar-refractivity contribution in [3.63, 3.8) is 0 Å². The Morgan fingerprint density at radius 3 is 2.78 bits per heavy atom. The molecule has 0 bridgehead atoms. The first-order valence-corrected chi connectivity index (χ1v) is 9.01. The molecule has 1 amide bonds. The normalized spacial score (nSPS) is 16.5. The van der Waals surface area contributed by atoms with Crippen LogP contribution in [0.1, 0.15) is 40.6 Å². The number of nitrogens with zero attached hydrogens (tertiary/aromatic N) is 3. The van der Waals surface area contributed by atoms with Crippen molar-refractivity contribution in [3.05, 3.63) is 35.2 Å². The maximum absolute atomic E-state index is 12.5. The van der Waals surface area contributed by atoms with Gasteiger partial charge in [0.1, 0.15) is 13.2 Å². The Hall–Kier alpha value is -2.32. The van der Waals surface area contributed by atoms with Crippen molar-refractivity contribution in [2.24, 2.45) is 0 Å². The van der Waals surface area contributed by atoms with Crippen molar-refractivity contribution >= 4 is 18.3 Å². The standard InChI is InChI=1S/C18H23N5O3.ClH/c1-12-17(21-22-23(12)14-4-6-19-7-5-14)18(24)20-11-13-2-3-15-16(10-13)26-9-8-25-15;/h2-3,10,14,19H,4-9,11H2,1H3,(H,20,24);1H. The minimum Gasteiger partial charge on any atom is -0.486 e.